The number of nitrogens with zero attached hydrogens (tertiary/aromatic N) is 2. The standard InChI is InChI=1S/C19H19N3O2/c23-19(21-15-4-2-1-3-5-15)18-16-12-14(6-7-17(16)24-22-18)13-8-10-20-11-9-13/h6-12,15H,1-5H2,(H,21,23). The molecule has 0 bridgehead atoms. The first-order valence-electron chi connectivity index (χ1n) is 8.42. The molecule has 0 spiro atoms. The maximum absolute atomic E-state index is 12.6. The van der Waals surface area contributed by atoms with Crippen molar-refractivity contribution in [1.82, 2.24) is 15.5 Å². The first-order chi connectivity index (χ1) is 11.8. The minimum absolute atomic E-state index is 0.146. The van der Waals surface area contributed by atoms with Crippen LogP contribution in [0.2, 0.25) is 0 Å². The Morgan fingerprint density at radius 2 is 1.83 bits per heavy atom. The van der Waals surface area contributed by atoms with Gasteiger partial charge in [-0.15, -0.1) is 0 Å². The van der Waals surface area contributed by atoms with Gasteiger partial charge in [-0.25, -0.2) is 0 Å². The number of amides is 1. The fourth-order valence-corrected chi connectivity index (χ4v) is 3.33. The van der Waals surface area contributed by atoms with E-state index in [9.17, 15) is 4.79 Å². The SMILES string of the molecule is O=C(NC1CCCCC1)c1noc2ccc(-c3ccncc3)cc12. The highest BCUT2D eigenvalue weighted by molar-refractivity contribution is 6.05. The average Bonchev–Trinajstić information content (AvgIpc) is 3.06. The summed E-state index contributed by atoms with van der Waals surface area (Å²) in [6.07, 6.45) is 9.21. The number of benzene rings is 1. The van der Waals surface area contributed by atoms with Crippen molar-refractivity contribution >= 4 is 16.9 Å². The monoisotopic (exact) mass is 321 g/mol. The highest BCUT2D eigenvalue weighted by Gasteiger charge is 2.21. The summed E-state index contributed by atoms with van der Waals surface area (Å²) in [7, 11) is 0. The zero-order valence-corrected chi connectivity index (χ0v) is 13.4. The van der Waals surface area contributed by atoms with Crippen molar-refractivity contribution in [2.75, 3.05) is 0 Å². The van der Waals surface area contributed by atoms with Crippen molar-refractivity contribution < 1.29 is 9.32 Å². The van der Waals surface area contributed by atoms with Crippen LogP contribution in [0.4, 0.5) is 0 Å². The number of hydrogen-bond acceptors (Lipinski definition) is 4. The molecule has 0 unspecified atom stereocenters. The van der Waals surface area contributed by atoms with Gasteiger partial charge in [-0.3, -0.25) is 9.78 Å². The average molecular weight is 321 g/mol. The number of pyridine rings is 1. The predicted molar refractivity (Wildman–Crippen MR) is 91.6 cm³/mol. The first kappa shape index (κ1) is 14.9. The number of carbonyl (C=O) groups excluding carboxylic acids is 1. The van der Waals surface area contributed by atoms with Gasteiger partial charge in [0, 0.05) is 18.4 Å². The number of rotatable bonds is 3. The molecule has 2 aromatic heterocycles. The highest BCUT2D eigenvalue weighted by atomic mass is 16.5. The molecule has 24 heavy (non-hydrogen) atoms. The van der Waals surface area contributed by atoms with Crippen molar-refractivity contribution in [1.29, 1.82) is 0 Å². The summed E-state index contributed by atoms with van der Waals surface area (Å²) in [4.78, 5) is 16.6. The van der Waals surface area contributed by atoms with Crippen LogP contribution in [0.15, 0.2) is 47.2 Å². The zero-order valence-electron chi connectivity index (χ0n) is 13.4. The van der Waals surface area contributed by atoms with Crippen LogP contribution in [-0.2, 0) is 0 Å². The zero-order chi connectivity index (χ0) is 16.4. The van der Waals surface area contributed by atoms with Crippen molar-refractivity contribution in [2.45, 2.75) is 38.1 Å². The summed E-state index contributed by atoms with van der Waals surface area (Å²) in [6.45, 7) is 0. The van der Waals surface area contributed by atoms with Crippen LogP contribution < -0.4 is 5.32 Å². The minimum atomic E-state index is -0.146. The van der Waals surface area contributed by atoms with Crippen molar-refractivity contribution in [3.05, 3.63) is 48.4 Å². The quantitative estimate of drug-likeness (QED) is 0.793. The molecule has 0 atom stereocenters. The number of hydrogen-bond donors (Lipinski definition) is 1. The Kier molecular flexibility index (Phi) is 3.99. The van der Waals surface area contributed by atoms with Gasteiger partial charge >= 0.3 is 0 Å². The van der Waals surface area contributed by atoms with Crippen molar-refractivity contribution in [2.24, 2.45) is 0 Å². The molecule has 2 heterocycles. The second-order valence-corrected chi connectivity index (χ2v) is 6.29. The molecule has 5 nitrogen and oxygen atoms in total. The second-order valence-electron chi connectivity index (χ2n) is 6.29. The predicted octanol–water partition coefficient (Wildman–Crippen LogP) is 3.95. The van der Waals surface area contributed by atoms with Crippen LogP contribution in [0, 0.1) is 0 Å². The number of fused-ring (bicyclic) bond motifs is 1. The van der Waals surface area contributed by atoms with Crippen molar-refractivity contribution in [3.63, 3.8) is 0 Å². The molecule has 3 aromatic rings. The smallest absolute Gasteiger partial charge is 0.274 e. The van der Waals surface area contributed by atoms with Crippen LogP contribution in [0.5, 0.6) is 0 Å². The van der Waals surface area contributed by atoms with E-state index in [2.05, 4.69) is 15.5 Å². The molecule has 4 rings (SSSR count). The lowest BCUT2D eigenvalue weighted by Crippen LogP contribution is -2.36. The molecule has 0 radical (unpaired) electrons. The van der Waals surface area contributed by atoms with Crippen LogP contribution in [-0.4, -0.2) is 22.1 Å². The molecular formula is C19H19N3O2. The van der Waals surface area contributed by atoms with Crippen LogP contribution >= 0.6 is 0 Å². The third-order valence-electron chi connectivity index (χ3n) is 4.64. The second kappa shape index (κ2) is 6.43. The Labute approximate surface area is 140 Å². The van der Waals surface area contributed by atoms with E-state index in [1.165, 1.54) is 19.3 Å². The lowest BCUT2D eigenvalue weighted by molar-refractivity contribution is 0.0920. The molecule has 0 saturated heterocycles. The van der Waals surface area contributed by atoms with E-state index in [1.54, 1.807) is 12.4 Å². The van der Waals surface area contributed by atoms with Gasteiger partial charge in [0.1, 0.15) is 0 Å². The molecule has 1 N–H and O–H groups in total. The van der Waals surface area contributed by atoms with E-state index >= 15 is 0 Å². The number of nitrogens with one attached hydrogen (secondary N) is 1. The van der Waals surface area contributed by atoms with E-state index in [0.717, 1.165) is 29.4 Å². The summed E-state index contributed by atoms with van der Waals surface area (Å²) < 4.78 is 5.33. The van der Waals surface area contributed by atoms with E-state index in [1.807, 2.05) is 30.3 Å². The fraction of sp³-hybridized carbons (Fsp3) is 0.316. The Morgan fingerprint density at radius 1 is 1.04 bits per heavy atom. The van der Waals surface area contributed by atoms with Crippen LogP contribution in [0.1, 0.15) is 42.6 Å². The topological polar surface area (TPSA) is 68.0 Å². The summed E-state index contributed by atoms with van der Waals surface area (Å²) in [6, 6.07) is 9.91. The Bertz CT molecular complexity index is 851. The fourth-order valence-electron chi connectivity index (χ4n) is 3.33. The molecular weight excluding hydrogens is 302 g/mol. The lowest BCUT2D eigenvalue weighted by atomic mass is 9.95. The van der Waals surface area contributed by atoms with Gasteiger partial charge in [0.05, 0.1) is 5.39 Å². The normalized spacial score (nSPS) is 15.5. The molecule has 122 valence electrons. The molecule has 1 fully saturated rings. The maximum atomic E-state index is 12.6. The lowest BCUT2D eigenvalue weighted by Gasteiger charge is -2.22. The third kappa shape index (κ3) is 2.89. The molecule has 5 heteroatoms. The van der Waals surface area contributed by atoms with Crippen molar-refractivity contribution in [3.8, 4) is 11.1 Å². The van der Waals surface area contributed by atoms with E-state index < -0.39 is 0 Å². The van der Waals surface area contributed by atoms with Gasteiger partial charge in [-0.1, -0.05) is 30.5 Å². The van der Waals surface area contributed by atoms with Gasteiger partial charge in [0.2, 0.25) is 0 Å². The molecule has 1 aliphatic rings. The summed E-state index contributed by atoms with van der Waals surface area (Å²) >= 11 is 0. The molecule has 1 saturated carbocycles. The molecule has 1 aromatic carbocycles. The van der Waals surface area contributed by atoms with E-state index in [-0.39, 0.29) is 11.9 Å². The highest BCUT2D eigenvalue weighted by Crippen LogP contribution is 2.26. The number of carbonyl (C=O) groups is 1. The van der Waals surface area contributed by atoms with Gasteiger partial charge in [0.25, 0.3) is 5.91 Å². The Balaban J connectivity index is 1.64. The molecule has 0 aliphatic heterocycles. The van der Waals surface area contributed by atoms with Crippen LogP contribution in [0.3, 0.4) is 0 Å². The Hall–Kier alpha value is -2.69. The van der Waals surface area contributed by atoms with Gasteiger partial charge in [-0.05, 0) is 48.2 Å². The van der Waals surface area contributed by atoms with Crippen LogP contribution in [0.25, 0.3) is 22.1 Å². The van der Waals surface area contributed by atoms with E-state index in [0.29, 0.717) is 11.3 Å². The van der Waals surface area contributed by atoms with Gasteiger partial charge in [0.15, 0.2) is 11.3 Å². The maximum Gasteiger partial charge on any atom is 0.274 e. The third-order valence-corrected chi connectivity index (χ3v) is 4.64. The van der Waals surface area contributed by atoms with Gasteiger partial charge < -0.3 is 9.84 Å². The van der Waals surface area contributed by atoms with E-state index in [4.69, 9.17) is 4.52 Å². The summed E-state index contributed by atoms with van der Waals surface area (Å²) in [5.41, 5.74) is 3.06. The summed E-state index contributed by atoms with van der Waals surface area (Å²) in [5, 5.41) is 7.85. The number of aromatic nitrogens is 2. The van der Waals surface area contributed by atoms with Gasteiger partial charge in [-0.2, -0.15) is 0 Å². The Morgan fingerprint density at radius 3 is 2.62 bits per heavy atom. The largest absolute Gasteiger partial charge is 0.355 e. The summed E-state index contributed by atoms with van der Waals surface area (Å²) in [5.74, 6) is -0.146. The first-order valence-corrected chi connectivity index (χ1v) is 8.42. The minimum Gasteiger partial charge on any atom is -0.355 e. The molecule has 1 amide bonds. The molecule has 1 aliphatic carbocycles.